The van der Waals surface area contributed by atoms with Crippen LogP contribution in [0.3, 0.4) is 0 Å². The molecule has 0 aliphatic carbocycles. The van der Waals surface area contributed by atoms with Crippen molar-refractivity contribution in [3.63, 3.8) is 0 Å². The lowest BCUT2D eigenvalue weighted by Gasteiger charge is -1.96. The first-order valence-corrected chi connectivity index (χ1v) is 6.56. The monoisotopic (exact) mass is 282 g/mol. The Morgan fingerprint density at radius 2 is 1.53 bits per heavy atom. The number of rotatable bonds is 1. The minimum atomic E-state index is -3.58. The van der Waals surface area contributed by atoms with Crippen molar-refractivity contribution < 1.29 is 8.42 Å². The number of sulfonamides is 1. The third-order valence-electron chi connectivity index (χ3n) is 1.90. The smallest absolute Gasteiger partial charge is 0.238 e. The zero-order chi connectivity index (χ0) is 14.5. The van der Waals surface area contributed by atoms with Crippen LogP contribution >= 0.6 is 0 Å². The van der Waals surface area contributed by atoms with Gasteiger partial charge in [0.25, 0.3) is 0 Å². The summed E-state index contributed by atoms with van der Waals surface area (Å²) in [6.07, 6.45) is 1.51. The van der Waals surface area contributed by atoms with Gasteiger partial charge >= 0.3 is 0 Å². The van der Waals surface area contributed by atoms with Gasteiger partial charge in [-0.15, -0.1) is 0 Å². The second-order valence-corrected chi connectivity index (χ2v) is 5.02. The van der Waals surface area contributed by atoms with Crippen molar-refractivity contribution >= 4 is 27.5 Å². The van der Waals surface area contributed by atoms with Crippen LogP contribution in [0.5, 0.6) is 0 Å². The Bertz CT molecular complexity index is 624. The Labute approximate surface area is 110 Å². The fourth-order valence-electron chi connectivity index (χ4n) is 1.05. The number of primary sulfonamides is 1. The van der Waals surface area contributed by atoms with E-state index in [4.69, 9.17) is 22.3 Å². The van der Waals surface area contributed by atoms with Crippen molar-refractivity contribution in [2.45, 2.75) is 4.90 Å². The second kappa shape index (κ2) is 5.98. The maximum Gasteiger partial charge on any atom is 0.238 e. The van der Waals surface area contributed by atoms with Gasteiger partial charge in [0, 0.05) is 11.9 Å². The van der Waals surface area contributed by atoms with Crippen LogP contribution in [0.1, 0.15) is 0 Å². The van der Waals surface area contributed by atoms with Crippen LogP contribution in [0, 0.1) is 0 Å². The third-order valence-corrected chi connectivity index (χ3v) is 2.83. The summed E-state index contributed by atoms with van der Waals surface area (Å²) in [5.74, 6) is 0.613. The Hall–Kier alpha value is -2.39. The average molecular weight is 282 g/mol. The molecule has 0 unspecified atom stereocenters. The van der Waals surface area contributed by atoms with Crippen molar-refractivity contribution in [3.8, 4) is 0 Å². The number of hydrogen-bond donors (Lipinski definition) is 4. The maximum absolute atomic E-state index is 10.7. The number of benzene rings is 1. The van der Waals surface area contributed by atoms with Gasteiger partial charge in [-0.3, -0.25) is 0 Å². The highest BCUT2D eigenvalue weighted by Gasteiger charge is 2.04. The molecule has 0 amide bonds. The molecule has 2 aromatic rings. The van der Waals surface area contributed by atoms with Crippen LogP contribution in [-0.4, -0.2) is 18.4 Å². The van der Waals surface area contributed by atoms with Gasteiger partial charge in [-0.1, -0.05) is 0 Å². The van der Waals surface area contributed by atoms with E-state index in [1.807, 2.05) is 0 Å². The van der Waals surface area contributed by atoms with E-state index in [1.165, 1.54) is 30.5 Å². The number of hydrogen-bond acceptors (Lipinski definition) is 7. The van der Waals surface area contributed by atoms with E-state index in [1.54, 1.807) is 6.07 Å². The van der Waals surface area contributed by atoms with Gasteiger partial charge in [0.1, 0.15) is 5.82 Å². The minimum Gasteiger partial charge on any atom is -0.399 e. The Balaban J connectivity index is 0.000000200. The first kappa shape index (κ1) is 14.7. The summed E-state index contributed by atoms with van der Waals surface area (Å²) in [6.45, 7) is 0. The number of anilines is 3. The predicted octanol–water partition coefficient (Wildman–Crippen LogP) is -0.443. The molecular weight excluding hydrogens is 268 g/mol. The highest BCUT2D eigenvalue weighted by molar-refractivity contribution is 7.89. The average Bonchev–Trinajstić information content (AvgIpc) is 2.28. The molecule has 0 saturated carbocycles. The fraction of sp³-hybridized carbons (Fsp3) is 0. The van der Waals surface area contributed by atoms with E-state index in [9.17, 15) is 8.42 Å². The maximum atomic E-state index is 10.7. The van der Waals surface area contributed by atoms with Gasteiger partial charge in [-0.2, -0.15) is 4.98 Å². The van der Waals surface area contributed by atoms with Crippen LogP contribution in [0.4, 0.5) is 17.5 Å². The van der Waals surface area contributed by atoms with E-state index in [0.717, 1.165) is 0 Å². The van der Waals surface area contributed by atoms with Gasteiger partial charge in [0.05, 0.1) is 4.90 Å². The van der Waals surface area contributed by atoms with E-state index >= 15 is 0 Å². The Morgan fingerprint density at radius 3 is 1.89 bits per heavy atom. The fourth-order valence-corrected chi connectivity index (χ4v) is 1.56. The van der Waals surface area contributed by atoms with Crippen LogP contribution in [0.15, 0.2) is 41.4 Å². The number of nitrogens with zero attached hydrogens (tertiary/aromatic N) is 2. The zero-order valence-electron chi connectivity index (χ0n) is 9.89. The lowest BCUT2D eigenvalue weighted by atomic mass is 10.3. The van der Waals surface area contributed by atoms with Crippen molar-refractivity contribution in [2.24, 2.45) is 5.14 Å². The molecule has 0 aliphatic heterocycles. The number of nitrogens with two attached hydrogens (primary N) is 4. The van der Waals surface area contributed by atoms with Crippen molar-refractivity contribution in [3.05, 3.63) is 36.5 Å². The highest BCUT2D eigenvalue weighted by Crippen LogP contribution is 2.08. The van der Waals surface area contributed by atoms with Gasteiger partial charge in [0.15, 0.2) is 0 Å². The van der Waals surface area contributed by atoms with Crippen molar-refractivity contribution in [1.29, 1.82) is 0 Å². The van der Waals surface area contributed by atoms with Crippen molar-refractivity contribution in [2.75, 3.05) is 17.2 Å². The molecule has 2 rings (SSSR count). The van der Waals surface area contributed by atoms with Crippen LogP contribution < -0.4 is 22.3 Å². The Kier molecular flexibility index (Phi) is 4.62. The quantitative estimate of drug-likeness (QED) is 0.514. The normalized spacial score (nSPS) is 10.4. The number of aromatic nitrogens is 2. The van der Waals surface area contributed by atoms with Gasteiger partial charge in [0.2, 0.25) is 16.0 Å². The standard InChI is InChI=1S/C6H8N2O2S.C4H6N4/c7-5-1-3-6(4-2-5)11(8,9)10;5-3-1-2-7-4(6)8-3/h1-4H,7H2,(H2,8,9,10);1-2H,(H4,5,6,7,8). The molecule has 1 heterocycles. The lowest BCUT2D eigenvalue weighted by molar-refractivity contribution is 0.598. The molecule has 19 heavy (non-hydrogen) atoms. The van der Waals surface area contributed by atoms with Crippen LogP contribution in [-0.2, 0) is 10.0 Å². The molecule has 9 heteroatoms. The topological polar surface area (TPSA) is 164 Å². The van der Waals surface area contributed by atoms with E-state index < -0.39 is 10.0 Å². The molecule has 0 bridgehead atoms. The summed E-state index contributed by atoms with van der Waals surface area (Å²) in [5, 5.41) is 4.84. The van der Waals surface area contributed by atoms with Gasteiger partial charge in [-0.05, 0) is 30.3 Å². The lowest BCUT2D eigenvalue weighted by Crippen LogP contribution is -2.11. The molecule has 0 saturated heterocycles. The molecular formula is C10H14N6O2S. The molecule has 1 aromatic carbocycles. The first-order chi connectivity index (χ1) is 8.79. The summed E-state index contributed by atoms with van der Waals surface area (Å²) in [4.78, 5) is 7.32. The van der Waals surface area contributed by atoms with Gasteiger partial charge < -0.3 is 17.2 Å². The minimum absolute atomic E-state index is 0.0756. The molecule has 0 radical (unpaired) electrons. The highest BCUT2D eigenvalue weighted by atomic mass is 32.2. The van der Waals surface area contributed by atoms with Gasteiger partial charge in [-0.25, -0.2) is 18.5 Å². The third kappa shape index (κ3) is 5.19. The molecule has 0 spiro atoms. The van der Waals surface area contributed by atoms with Crippen molar-refractivity contribution in [1.82, 2.24) is 9.97 Å². The predicted molar refractivity (Wildman–Crippen MR) is 73.1 cm³/mol. The van der Waals surface area contributed by atoms with E-state index in [2.05, 4.69) is 9.97 Å². The summed E-state index contributed by atoms with van der Waals surface area (Å²) >= 11 is 0. The molecule has 102 valence electrons. The SMILES string of the molecule is Nc1ccc(S(N)(=O)=O)cc1.Nc1ccnc(N)n1. The summed E-state index contributed by atoms with van der Waals surface area (Å²) in [7, 11) is -3.58. The molecule has 1 aromatic heterocycles. The van der Waals surface area contributed by atoms with E-state index in [-0.39, 0.29) is 10.8 Å². The summed E-state index contributed by atoms with van der Waals surface area (Å²) in [6, 6.07) is 7.28. The first-order valence-electron chi connectivity index (χ1n) is 5.01. The summed E-state index contributed by atoms with van der Waals surface area (Å²) < 4.78 is 21.4. The zero-order valence-corrected chi connectivity index (χ0v) is 10.7. The largest absolute Gasteiger partial charge is 0.399 e. The van der Waals surface area contributed by atoms with Crippen LogP contribution in [0.25, 0.3) is 0 Å². The summed E-state index contributed by atoms with van der Waals surface area (Å²) in [5.41, 5.74) is 16.2. The Morgan fingerprint density at radius 1 is 0.947 bits per heavy atom. The molecule has 0 atom stereocenters. The second-order valence-electron chi connectivity index (χ2n) is 3.45. The molecule has 0 aliphatic rings. The number of nitrogen functional groups attached to an aromatic ring is 3. The molecule has 0 fully saturated rings. The molecule has 8 nitrogen and oxygen atoms in total. The van der Waals surface area contributed by atoms with Crippen LogP contribution in [0.2, 0.25) is 0 Å². The molecule has 8 N–H and O–H groups in total. The van der Waals surface area contributed by atoms with E-state index in [0.29, 0.717) is 11.5 Å².